The van der Waals surface area contributed by atoms with Crippen molar-refractivity contribution in [3.05, 3.63) is 130 Å². The van der Waals surface area contributed by atoms with Gasteiger partial charge in [0.25, 0.3) is 5.91 Å². The minimum Gasteiger partial charge on any atom is -0.508 e. The number of imide groups is 1. The third kappa shape index (κ3) is 7.03. The molecule has 3 fully saturated rings. The molecule has 55 heavy (non-hydrogen) atoms. The molecule has 0 saturated carbocycles. The molecular formula is C46H49FN4O4. The average molecular weight is 741 g/mol. The van der Waals surface area contributed by atoms with Crippen LogP contribution in [0, 0.1) is 11.7 Å². The molecule has 4 heterocycles. The largest absolute Gasteiger partial charge is 0.508 e. The first-order valence-corrected chi connectivity index (χ1v) is 20.2. The van der Waals surface area contributed by atoms with Crippen LogP contribution in [0.2, 0.25) is 0 Å². The van der Waals surface area contributed by atoms with Crippen LogP contribution in [0.4, 0.5) is 10.1 Å². The lowest BCUT2D eigenvalue weighted by molar-refractivity contribution is -0.136. The van der Waals surface area contributed by atoms with Crippen molar-refractivity contribution in [2.75, 3.05) is 37.6 Å². The molecule has 4 aliphatic heterocycles. The number of nitrogens with one attached hydrogen (secondary N) is 1. The molecule has 0 radical (unpaired) electrons. The Morgan fingerprint density at radius 3 is 2.24 bits per heavy atom. The van der Waals surface area contributed by atoms with E-state index in [1.54, 1.807) is 0 Å². The fraction of sp³-hybridized carbons (Fsp3) is 0.413. The van der Waals surface area contributed by atoms with E-state index in [0.717, 1.165) is 76.8 Å². The standard InChI is InChI=1S/C46H49FN4O4/c47-41-26-40-34(28-51(46(40)55)42-14-15-43(53)48-45(42)54)25-39(41)31-18-20-49(21-19-31)27-29-16-22-50(23-17-29)35-9-6-32(7-10-35)44-37(30-4-2-1-3-5-30)12-8-33-24-36(52)11-13-38(33)44/h1-7,9-11,13,24-26,29,31,37,42,44,52H,8,12,14-23,27-28H2,(H,48,53,54)/t37-,42?,44+/m1/s1. The van der Waals surface area contributed by atoms with E-state index in [-0.39, 0.29) is 42.4 Å². The number of carbonyl (C=O) groups is 3. The highest BCUT2D eigenvalue weighted by atomic mass is 19.1. The molecule has 3 saturated heterocycles. The summed E-state index contributed by atoms with van der Waals surface area (Å²) in [4.78, 5) is 43.8. The Bertz CT molecular complexity index is 2090. The van der Waals surface area contributed by atoms with Gasteiger partial charge >= 0.3 is 0 Å². The van der Waals surface area contributed by atoms with E-state index < -0.39 is 11.9 Å². The highest BCUT2D eigenvalue weighted by Gasteiger charge is 2.40. The van der Waals surface area contributed by atoms with Crippen LogP contribution in [0.25, 0.3) is 0 Å². The number of phenolic OH excluding ortho intramolecular Hbond substituents is 1. The number of hydrogen-bond acceptors (Lipinski definition) is 6. The fourth-order valence-electron chi connectivity index (χ4n) is 10.3. The maximum atomic E-state index is 15.5. The Kier molecular flexibility index (Phi) is 9.67. The molecule has 9 heteroatoms. The second-order valence-corrected chi connectivity index (χ2v) is 16.4. The van der Waals surface area contributed by atoms with Gasteiger partial charge in [-0.3, -0.25) is 19.7 Å². The smallest absolute Gasteiger partial charge is 0.255 e. The Morgan fingerprint density at radius 1 is 0.727 bits per heavy atom. The zero-order chi connectivity index (χ0) is 37.6. The predicted octanol–water partition coefficient (Wildman–Crippen LogP) is 7.25. The number of nitrogens with zero attached hydrogens (tertiary/aromatic N) is 3. The highest BCUT2D eigenvalue weighted by molar-refractivity contribution is 6.05. The number of hydrogen-bond donors (Lipinski definition) is 2. The lowest BCUT2D eigenvalue weighted by atomic mass is 9.69. The minimum absolute atomic E-state index is 0.100. The van der Waals surface area contributed by atoms with Crippen LogP contribution >= 0.6 is 0 Å². The first kappa shape index (κ1) is 35.7. The van der Waals surface area contributed by atoms with Gasteiger partial charge < -0.3 is 19.8 Å². The molecule has 3 amide bonds. The summed E-state index contributed by atoms with van der Waals surface area (Å²) in [7, 11) is 0. The maximum absolute atomic E-state index is 15.5. The zero-order valence-electron chi connectivity index (χ0n) is 31.3. The number of piperidine rings is 3. The van der Waals surface area contributed by atoms with Crippen molar-refractivity contribution in [3.8, 4) is 5.75 Å². The van der Waals surface area contributed by atoms with Crippen molar-refractivity contribution < 1.29 is 23.9 Å². The Labute approximate surface area is 322 Å². The van der Waals surface area contributed by atoms with Gasteiger partial charge in [0.15, 0.2) is 0 Å². The van der Waals surface area contributed by atoms with E-state index in [1.165, 1.54) is 38.9 Å². The third-order valence-electron chi connectivity index (χ3n) is 13.2. The van der Waals surface area contributed by atoms with E-state index in [9.17, 15) is 19.5 Å². The van der Waals surface area contributed by atoms with Gasteiger partial charge in [-0.2, -0.15) is 0 Å². The fourth-order valence-corrected chi connectivity index (χ4v) is 10.3. The first-order valence-electron chi connectivity index (χ1n) is 20.2. The van der Waals surface area contributed by atoms with Crippen LogP contribution in [0.15, 0.2) is 84.9 Å². The Morgan fingerprint density at radius 2 is 1.49 bits per heavy atom. The number of aromatic hydroxyl groups is 1. The van der Waals surface area contributed by atoms with Gasteiger partial charge in [-0.05, 0) is 140 Å². The molecule has 1 unspecified atom stereocenters. The van der Waals surface area contributed by atoms with Gasteiger partial charge in [-0.1, -0.05) is 54.6 Å². The van der Waals surface area contributed by atoms with E-state index in [2.05, 4.69) is 75.8 Å². The molecule has 284 valence electrons. The van der Waals surface area contributed by atoms with Crippen LogP contribution < -0.4 is 10.2 Å². The molecule has 8 nitrogen and oxygen atoms in total. The molecule has 5 aliphatic rings. The van der Waals surface area contributed by atoms with E-state index in [0.29, 0.717) is 35.1 Å². The normalized spacial score (nSPS) is 23.8. The Balaban J connectivity index is 0.790. The quantitative estimate of drug-likeness (QED) is 0.194. The summed E-state index contributed by atoms with van der Waals surface area (Å²) in [6.07, 6.45) is 6.57. The number of anilines is 1. The number of benzene rings is 4. The monoisotopic (exact) mass is 740 g/mol. The number of rotatable bonds is 7. The molecule has 0 aromatic heterocycles. The second kappa shape index (κ2) is 14.9. The first-order chi connectivity index (χ1) is 26.8. The summed E-state index contributed by atoms with van der Waals surface area (Å²) in [5.41, 5.74) is 8.33. The van der Waals surface area contributed by atoms with E-state index in [4.69, 9.17) is 0 Å². The van der Waals surface area contributed by atoms with Crippen LogP contribution in [0.3, 0.4) is 0 Å². The number of fused-ring (bicyclic) bond motifs is 2. The van der Waals surface area contributed by atoms with Crippen molar-refractivity contribution in [2.24, 2.45) is 5.92 Å². The van der Waals surface area contributed by atoms with Crippen LogP contribution in [-0.4, -0.2) is 71.4 Å². The predicted molar refractivity (Wildman–Crippen MR) is 210 cm³/mol. The van der Waals surface area contributed by atoms with Crippen LogP contribution in [0.5, 0.6) is 5.75 Å². The molecule has 1 aliphatic carbocycles. The van der Waals surface area contributed by atoms with Crippen LogP contribution in [0.1, 0.15) is 106 Å². The second-order valence-electron chi connectivity index (χ2n) is 16.4. The lowest BCUT2D eigenvalue weighted by Crippen LogP contribution is -2.52. The van der Waals surface area contributed by atoms with E-state index in [1.807, 2.05) is 18.2 Å². The number of carbonyl (C=O) groups excluding carboxylic acids is 3. The number of amides is 3. The molecule has 0 bridgehead atoms. The number of phenols is 1. The van der Waals surface area contributed by atoms with Gasteiger partial charge in [-0.15, -0.1) is 0 Å². The van der Waals surface area contributed by atoms with Gasteiger partial charge in [0.05, 0.1) is 0 Å². The summed E-state index contributed by atoms with van der Waals surface area (Å²) < 4.78 is 15.5. The molecule has 4 aromatic rings. The number of aryl methyl sites for hydroxylation is 1. The number of likely N-dealkylation sites (tertiary alicyclic amines) is 1. The van der Waals surface area contributed by atoms with Crippen molar-refractivity contribution in [2.45, 2.75) is 81.7 Å². The average Bonchev–Trinajstić information content (AvgIpc) is 3.52. The SMILES string of the molecule is O=C1CCC(N2Cc3cc(C4CCN(CC5CCN(c6ccc([C@@H]7c8ccc(O)cc8CC[C@@H]7c7ccccc7)cc6)CC5)CC4)c(F)cc3C2=O)C(=O)N1. The maximum Gasteiger partial charge on any atom is 0.255 e. The van der Waals surface area contributed by atoms with Crippen molar-refractivity contribution in [1.82, 2.24) is 15.1 Å². The summed E-state index contributed by atoms with van der Waals surface area (Å²) in [5, 5.41) is 12.6. The molecule has 0 spiro atoms. The number of halogens is 1. The third-order valence-corrected chi connectivity index (χ3v) is 13.2. The van der Waals surface area contributed by atoms with Gasteiger partial charge in [0.2, 0.25) is 11.8 Å². The zero-order valence-corrected chi connectivity index (χ0v) is 31.3. The van der Waals surface area contributed by atoms with Crippen molar-refractivity contribution >= 4 is 23.4 Å². The van der Waals surface area contributed by atoms with Gasteiger partial charge in [0.1, 0.15) is 17.6 Å². The van der Waals surface area contributed by atoms with E-state index >= 15 is 4.39 Å². The topological polar surface area (TPSA) is 93.2 Å². The summed E-state index contributed by atoms with van der Waals surface area (Å²) in [6, 6.07) is 28.6. The van der Waals surface area contributed by atoms with Crippen molar-refractivity contribution in [1.29, 1.82) is 0 Å². The highest BCUT2D eigenvalue weighted by Crippen LogP contribution is 2.47. The molecule has 9 rings (SSSR count). The van der Waals surface area contributed by atoms with Crippen LogP contribution in [-0.2, 0) is 22.6 Å². The molecular weight excluding hydrogens is 692 g/mol. The molecule has 2 N–H and O–H groups in total. The summed E-state index contributed by atoms with van der Waals surface area (Å²) in [5.74, 6) is 0.266. The van der Waals surface area contributed by atoms with Gasteiger partial charge in [-0.25, -0.2) is 4.39 Å². The lowest BCUT2D eigenvalue weighted by Gasteiger charge is -2.39. The minimum atomic E-state index is -0.699. The molecule has 3 atom stereocenters. The Hall–Kier alpha value is -5.02. The summed E-state index contributed by atoms with van der Waals surface area (Å²) in [6.45, 7) is 5.27. The molecule has 4 aromatic carbocycles. The van der Waals surface area contributed by atoms with Gasteiger partial charge in [0, 0.05) is 49.8 Å². The summed E-state index contributed by atoms with van der Waals surface area (Å²) >= 11 is 0. The van der Waals surface area contributed by atoms with Crippen molar-refractivity contribution in [3.63, 3.8) is 0 Å².